The van der Waals surface area contributed by atoms with Crippen LogP contribution in [0.3, 0.4) is 0 Å². The predicted octanol–water partition coefficient (Wildman–Crippen LogP) is 3.31. The Labute approximate surface area is 135 Å². The Balaban J connectivity index is 0.00000400. The molecule has 0 unspecified atom stereocenters. The topological polar surface area (TPSA) is 55.1 Å². The molecule has 4 heteroatoms. The molecule has 0 saturated heterocycles. The summed E-state index contributed by atoms with van der Waals surface area (Å²) in [6.45, 7) is 8.61. The molecule has 0 spiro atoms. The van der Waals surface area contributed by atoms with Crippen LogP contribution in [0.4, 0.5) is 0 Å². The zero-order valence-corrected chi connectivity index (χ0v) is 14.4. The molecule has 0 atom stereocenters. The smallest absolute Gasteiger partial charge is 0.226 e. The van der Waals surface area contributed by atoms with Crippen LogP contribution in [0.2, 0.25) is 0 Å². The van der Waals surface area contributed by atoms with E-state index in [-0.39, 0.29) is 23.9 Å². The van der Waals surface area contributed by atoms with Gasteiger partial charge in [0.05, 0.1) is 0 Å². The first-order valence-corrected chi connectivity index (χ1v) is 7.44. The van der Waals surface area contributed by atoms with Gasteiger partial charge in [0.25, 0.3) is 0 Å². The van der Waals surface area contributed by atoms with Crippen molar-refractivity contribution >= 4 is 18.3 Å². The van der Waals surface area contributed by atoms with Crippen molar-refractivity contribution in [3.05, 3.63) is 35.9 Å². The minimum Gasteiger partial charge on any atom is -0.354 e. The van der Waals surface area contributed by atoms with Crippen molar-refractivity contribution in [1.82, 2.24) is 5.32 Å². The van der Waals surface area contributed by atoms with Crippen molar-refractivity contribution in [1.29, 1.82) is 0 Å². The van der Waals surface area contributed by atoms with Gasteiger partial charge in [-0.15, -0.1) is 12.4 Å². The van der Waals surface area contributed by atoms with Gasteiger partial charge in [-0.2, -0.15) is 0 Å². The third-order valence-corrected chi connectivity index (χ3v) is 4.11. The SMILES string of the molecule is CCC(N)(CC)CNC(=O)C(C)(C)Cc1ccccc1.Cl. The number of carbonyl (C=O) groups is 1. The number of halogens is 1. The van der Waals surface area contributed by atoms with Crippen molar-refractivity contribution in [3.63, 3.8) is 0 Å². The number of nitrogens with two attached hydrogens (primary N) is 1. The van der Waals surface area contributed by atoms with Crippen LogP contribution in [0.5, 0.6) is 0 Å². The van der Waals surface area contributed by atoms with E-state index in [9.17, 15) is 4.79 Å². The molecule has 0 fully saturated rings. The Morgan fingerprint density at radius 3 is 2.14 bits per heavy atom. The molecule has 1 amide bonds. The van der Waals surface area contributed by atoms with Gasteiger partial charge in [-0.3, -0.25) is 4.79 Å². The second kappa shape index (κ2) is 8.40. The molecule has 0 aromatic heterocycles. The number of carbonyl (C=O) groups excluding carboxylic acids is 1. The molecule has 1 rings (SSSR count). The Morgan fingerprint density at radius 1 is 1.14 bits per heavy atom. The number of amides is 1. The monoisotopic (exact) mass is 312 g/mol. The van der Waals surface area contributed by atoms with Crippen molar-refractivity contribution in [2.24, 2.45) is 11.1 Å². The van der Waals surface area contributed by atoms with Crippen LogP contribution >= 0.6 is 12.4 Å². The summed E-state index contributed by atoms with van der Waals surface area (Å²) < 4.78 is 0. The van der Waals surface area contributed by atoms with E-state index in [1.54, 1.807) is 0 Å². The maximum atomic E-state index is 12.4. The van der Waals surface area contributed by atoms with E-state index < -0.39 is 5.41 Å². The number of rotatable bonds is 7. The molecule has 0 saturated carbocycles. The highest BCUT2D eigenvalue weighted by Gasteiger charge is 2.30. The van der Waals surface area contributed by atoms with E-state index in [2.05, 4.69) is 31.3 Å². The first kappa shape index (κ1) is 19.9. The van der Waals surface area contributed by atoms with Gasteiger partial charge in [0.2, 0.25) is 5.91 Å². The number of nitrogens with one attached hydrogen (secondary N) is 1. The van der Waals surface area contributed by atoms with Gasteiger partial charge in [-0.05, 0) is 24.8 Å². The average Bonchev–Trinajstić information content (AvgIpc) is 2.45. The summed E-state index contributed by atoms with van der Waals surface area (Å²) >= 11 is 0. The van der Waals surface area contributed by atoms with Crippen LogP contribution in [0.25, 0.3) is 0 Å². The van der Waals surface area contributed by atoms with E-state index in [4.69, 9.17) is 5.73 Å². The molecule has 1 aromatic carbocycles. The predicted molar refractivity (Wildman–Crippen MR) is 91.7 cm³/mol. The first-order chi connectivity index (χ1) is 9.33. The number of hydrogen-bond donors (Lipinski definition) is 2. The van der Waals surface area contributed by atoms with E-state index in [1.807, 2.05) is 32.0 Å². The van der Waals surface area contributed by atoms with Gasteiger partial charge in [-0.25, -0.2) is 0 Å². The lowest BCUT2D eigenvalue weighted by atomic mass is 9.84. The zero-order chi connectivity index (χ0) is 15.2. The summed E-state index contributed by atoms with van der Waals surface area (Å²) in [6, 6.07) is 10.1. The van der Waals surface area contributed by atoms with Crippen LogP contribution in [-0.2, 0) is 11.2 Å². The van der Waals surface area contributed by atoms with E-state index in [0.717, 1.165) is 19.3 Å². The minimum absolute atomic E-state index is 0. The maximum absolute atomic E-state index is 12.4. The summed E-state index contributed by atoms with van der Waals surface area (Å²) in [4.78, 5) is 12.4. The summed E-state index contributed by atoms with van der Waals surface area (Å²) in [5.74, 6) is 0.0677. The highest BCUT2D eigenvalue weighted by Crippen LogP contribution is 2.22. The fraction of sp³-hybridized carbons (Fsp3) is 0.588. The molecule has 0 aliphatic rings. The third kappa shape index (κ3) is 6.06. The Hall–Kier alpha value is -1.06. The van der Waals surface area contributed by atoms with Crippen LogP contribution in [0.1, 0.15) is 46.1 Å². The van der Waals surface area contributed by atoms with Gasteiger partial charge in [-0.1, -0.05) is 58.0 Å². The summed E-state index contributed by atoms with van der Waals surface area (Å²) in [6.07, 6.45) is 2.46. The van der Waals surface area contributed by atoms with Gasteiger partial charge < -0.3 is 11.1 Å². The van der Waals surface area contributed by atoms with Crippen molar-refractivity contribution in [2.75, 3.05) is 6.54 Å². The summed E-state index contributed by atoms with van der Waals surface area (Å²) in [7, 11) is 0. The van der Waals surface area contributed by atoms with Crippen LogP contribution in [0, 0.1) is 5.41 Å². The molecule has 0 heterocycles. The molecule has 3 N–H and O–H groups in total. The van der Waals surface area contributed by atoms with Crippen molar-refractivity contribution < 1.29 is 4.79 Å². The molecule has 3 nitrogen and oxygen atoms in total. The highest BCUT2D eigenvalue weighted by molar-refractivity contribution is 5.85. The molecule has 1 aromatic rings. The fourth-order valence-corrected chi connectivity index (χ4v) is 2.18. The lowest BCUT2D eigenvalue weighted by Gasteiger charge is -2.30. The van der Waals surface area contributed by atoms with E-state index >= 15 is 0 Å². The van der Waals surface area contributed by atoms with Crippen molar-refractivity contribution in [3.8, 4) is 0 Å². The van der Waals surface area contributed by atoms with Crippen LogP contribution in [0.15, 0.2) is 30.3 Å². The molecule has 0 bridgehead atoms. The van der Waals surface area contributed by atoms with Gasteiger partial charge in [0.1, 0.15) is 0 Å². The zero-order valence-electron chi connectivity index (χ0n) is 13.6. The quantitative estimate of drug-likeness (QED) is 0.811. The standard InChI is InChI=1S/C17H28N2O.ClH/c1-5-17(18,6-2)13-19-15(20)16(3,4)12-14-10-8-7-9-11-14;/h7-11H,5-6,12-13,18H2,1-4H3,(H,19,20);1H. The highest BCUT2D eigenvalue weighted by atomic mass is 35.5. The fourth-order valence-electron chi connectivity index (χ4n) is 2.18. The molecule has 0 radical (unpaired) electrons. The molecule has 0 aliphatic heterocycles. The molecule has 21 heavy (non-hydrogen) atoms. The lowest BCUT2D eigenvalue weighted by molar-refractivity contribution is -0.129. The van der Waals surface area contributed by atoms with Gasteiger partial charge in [0, 0.05) is 17.5 Å². The lowest BCUT2D eigenvalue weighted by Crippen LogP contribution is -2.51. The Bertz CT molecular complexity index is 428. The molecule has 0 aliphatic carbocycles. The van der Waals surface area contributed by atoms with Crippen molar-refractivity contribution in [2.45, 2.75) is 52.5 Å². The molecule has 120 valence electrons. The van der Waals surface area contributed by atoms with E-state index in [0.29, 0.717) is 6.54 Å². The number of hydrogen-bond acceptors (Lipinski definition) is 2. The summed E-state index contributed by atoms with van der Waals surface area (Å²) in [5.41, 5.74) is 6.68. The maximum Gasteiger partial charge on any atom is 0.226 e. The molecular formula is C17H29ClN2O. The van der Waals surface area contributed by atoms with Gasteiger partial charge >= 0.3 is 0 Å². The molecular weight excluding hydrogens is 284 g/mol. The minimum atomic E-state index is -0.427. The Morgan fingerprint density at radius 2 is 1.67 bits per heavy atom. The van der Waals surface area contributed by atoms with Crippen LogP contribution in [-0.4, -0.2) is 18.0 Å². The average molecular weight is 313 g/mol. The number of benzene rings is 1. The first-order valence-electron chi connectivity index (χ1n) is 7.44. The summed E-state index contributed by atoms with van der Waals surface area (Å²) in [5, 5.41) is 3.02. The Kier molecular flexibility index (Phi) is 7.98. The normalized spacial score (nSPS) is 11.7. The van der Waals surface area contributed by atoms with Gasteiger partial charge in [0.15, 0.2) is 0 Å². The second-order valence-electron chi connectivity index (χ2n) is 6.30. The largest absolute Gasteiger partial charge is 0.354 e. The third-order valence-electron chi connectivity index (χ3n) is 4.11. The van der Waals surface area contributed by atoms with E-state index in [1.165, 1.54) is 5.56 Å². The second-order valence-corrected chi connectivity index (χ2v) is 6.30. The van der Waals surface area contributed by atoms with Crippen LogP contribution < -0.4 is 11.1 Å².